The summed E-state index contributed by atoms with van der Waals surface area (Å²) in [6.07, 6.45) is 0. The molecule has 0 amide bonds. The maximum Gasteiger partial charge on any atom is 0.0590 e. The highest BCUT2D eigenvalue weighted by atomic mass is 32.2. The molecule has 2 nitrogen and oxygen atoms in total. The fourth-order valence-corrected chi connectivity index (χ4v) is 1.58. The molecule has 0 radical (unpaired) electrons. The molecule has 0 spiro atoms. The predicted octanol–water partition coefficient (Wildman–Crippen LogP) is 1.75. The van der Waals surface area contributed by atoms with Crippen LogP contribution >= 0.6 is 11.8 Å². The van der Waals surface area contributed by atoms with E-state index in [-0.39, 0.29) is 0 Å². The van der Waals surface area contributed by atoms with Gasteiger partial charge in [0, 0.05) is 24.9 Å². The number of ether oxygens (including phenoxy) is 1. The summed E-state index contributed by atoms with van der Waals surface area (Å²) in [5, 5.41) is 3.41. The first-order valence-electron chi connectivity index (χ1n) is 4.70. The van der Waals surface area contributed by atoms with E-state index in [1.807, 2.05) is 18.7 Å². The highest BCUT2D eigenvalue weighted by Gasteiger charge is 1.98. The van der Waals surface area contributed by atoms with Crippen molar-refractivity contribution in [3.05, 3.63) is 0 Å². The predicted molar refractivity (Wildman–Crippen MR) is 57.0 cm³/mol. The minimum Gasteiger partial charge on any atom is -0.380 e. The van der Waals surface area contributed by atoms with Crippen LogP contribution in [-0.4, -0.2) is 37.3 Å². The third-order valence-electron chi connectivity index (χ3n) is 1.52. The van der Waals surface area contributed by atoms with Crippen LogP contribution in [0, 0.1) is 0 Å². The molecule has 12 heavy (non-hydrogen) atoms. The lowest BCUT2D eigenvalue weighted by molar-refractivity contribution is 0.148. The molecule has 1 unspecified atom stereocenters. The summed E-state index contributed by atoms with van der Waals surface area (Å²) in [6, 6.07) is 0.607. The van der Waals surface area contributed by atoms with Gasteiger partial charge in [-0.25, -0.2) is 0 Å². The summed E-state index contributed by atoms with van der Waals surface area (Å²) in [7, 11) is 0. The molecule has 0 aromatic rings. The van der Waals surface area contributed by atoms with Crippen LogP contribution in [0.2, 0.25) is 0 Å². The van der Waals surface area contributed by atoms with Gasteiger partial charge < -0.3 is 10.1 Å². The Balaban J connectivity index is 3.02. The van der Waals surface area contributed by atoms with Crippen molar-refractivity contribution in [1.29, 1.82) is 0 Å². The van der Waals surface area contributed by atoms with Gasteiger partial charge in [-0.15, -0.1) is 0 Å². The number of rotatable bonds is 8. The van der Waals surface area contributed by atoms with Crippen LogP contribution in [0.4, 0.5) is 0 Å². The molecular weight excluding hydrogens is 170 g/mol. The third kappa shape index (κ3) is 8.37. The number of hydrogen-bond acceptors (Lipinski definition) is 3. The van der Waals surface area contributed by atoms with Crippen LogP contribution in [0.3, 0.4) is 0 Å². The van der Waals surface area contributed by atoms with Gasteiger partial charge in [0.1, 0.15) is 0 Å². The first kappa shape index (κ1) is 12.3. The van der Waals surface area contributed by atoms with Crippen molar-refractivity contribution in [2.75, 3.05) is 31.3 Å². The van der Waals surface area contributed by atoms with E-state index < -0.39 is 0 Å². The van der Waals surface area contributed by atoms with Crippen LogP contribution < -0.4 is 5.32 Å². The normalized spacial score (nSPS) is 13.2. The zero-order chi connectivity index (χ0) is 9.23. The molecule has 0 rings (SSSR count). The van der Waals surface area contributed by atoms with Crippen molar-refractivity contribution in [2.45, 2.75) is 26.8 Å². The Morgan fingerprint density at radius 3 is 2.75 bits per heavy atom. The molecule has 0 aliphatic rings. The molecule has 0 aromatic carbocycles. The Morgan fingerprint density at radius 2 is 2.17 bits per heavy atom. The molecule has 0 aromatic heterocycles. The highest BCUT2D eigenvalue weighted by molar-refractivity contribution is 7.99. The second-order valence-electron chi connectivity index (χ2n) is 2.71. The van der Waals surface area contributed by atoms with E-state index in [1.54, 1.807) is 0 Å². The lowest BCUT2D eigenvalue weighted by Crippen LogP contribution is -2.31. The topological polar surface area (TPSA) is 21.3 Å². The molecule has 74 valence electrons. The van der Waals surface area contributed by atoms with Crippen LogP contribution in [0.25, 0.3) is 0 Å². The molecular formula is C9H21NOS. The molecule has 1 atom stereocenters. The Bertz CT molecular complexity index is 90.6. The summed E-state index contributed by atoms with van der Waals surface area (Å²) >= 11 is 1.98. The van der Waals surface area contributed by atoms with E-state index >= 15 is 0 Å². The van der Waals surface area contributed by atoms with Gasteiger partial charge in [-0.05, 0) is 19.6 Å². The van der Waals surface area contributed by atoms with Crippen LogP contribution in [0.15, 0.2) is 0 Å². The van der Waals surface area contributed by atoms with E-state index in [0.29, 0.717) is 6.04 Å². The second-order valence-corrected chi connectivity index (χ2v) is 4.03. The van der Waals surface area contributed by atoms with Gasteiger partial charge in [0.05, 0.1) is 6.61 Å². The van der Waals surface area contributed by atoms with Crippen molar-refractivity contribution in [3.63, 3.8) is 0 Å². The van der Waals surface area contributed by atoms with E-state index in [2.05, 4.69) is 19.2 Å². The second kappa shape index (κ2) is 9.36. The monoisotopic (exact) mass is 191 g/mol. The van der Waals surface area contributed by atoms with Gasteiger partial charge in [-0.1, -0.05) is 6.92 Å². The molecule has 0 aliphatic carbocycles. The molecule has 0 heterocycles. The fraction of sp³-hybridized carbons (Fsp3) is 1.00. The van der Waals surface area contributed by atoms with Crippen molar-refractivity contribution < 1.29 is 4.74 Å². The average molecular weight is 191 g/mol. The number of nitrogens with one attached hydrogen (secondary N) is 1. The zero-order valence-corrected chi connectivity index (χ0v) is 9.25. The molecule has 0 saturated heterocycles. The minimum atomic E-state index is 0.607. The number of hydrogen-bond donors (Lipinski definition) is 1. The highest BCUT2D eigenvalue weighted by Crippen LogP contribution is 2.00. The maximum atomic E-state index is 5.22. The fourth-order valence-electron chi connectivity index (χ4n) is 0.875. The lowest BCUT2D eigenvalue weighted by Gasteiger charge is -2.12. The molecule has 1 N–H and O–H groups in total. The Hall–Kier alpha value is 0.270. The van der Waals surface area contributed by atoms with Gasteiger partial charge in [-0.2, -0.15) is 11.8 Å². The minimum absolute atomic E-state index is 0.607. The van der Waals surface area contributed by atoms with Crippen LogP contribution in [-0.2, 0) is 4.74 Å². The Kier molecular flexibility index (Phi) is 9.57. The molecule has 3 heteroatoms. The van der Waals surface area contributed by atoms with E-state index in [9.17, 15) is 0 Å². The number of thioether (sulfide) groups is 1. The standard InChI is InChI=1S/C9H21NOS/c1-4-11-7-6-10-9(3)8-12-5-2/h9-10H,4-8H2,1-3H3. The molecule has 0 bridgehead atoms. The summed E-state index contributed by atoms with van der Waals surface area (Å²) in [6.45, 7) is 9.05. The smallest absolute Gasteiger partial charge is 0.0590 e. The average Bonchev–Trinajstić information content (AvgIpc) is 2.09. The SMILES string of the molecule is CCOCCNC(C)CSCC. The van der Waals surface area contributed by atoms with Crippen molar-refractivity contribution in [2.24, 2.45) is 0 Å². The van der Waals surface area contributed by atoms with Crippen molar-refractivity contribution in [3.8, 4) is 0 Å². The molecule has 0 fully saturated rings. The Labute approximate surface area is 80.4 Å². The Morgan fingerprint density at radius 1 is 1.42 bits per heavy atom. The van der Waals surface area contributed by atoms with Crippen molar-refractivity contribution in [1.82, 2.24) is 5.32 Å². The first-order chi connectivity index (χ1) is 5.81. The van der Waals surface area contributed by atoms with E-state index in [1.165, 1.54) is 11.5 Å². The van der Waals surface area contributed by atoms with Crippen LogP contribution in [0.5, 0.6) is 0 Å². The quantitative estimate of drug-likeness (QED) is 0.591. The van der Waals surface area contributed by atoms with Crippen LogP contribution in [0.1, 0.15) is 20.8 Å². The summed E-state index contributed by atoms with van der Waals surface area (Å²) in [4.78, 5) is 0. The molecule has 0 aliphatic heterocycles. The third-order valence-corrected chi connectivity index (χ3v) is 2.66. The zero-order valence-electron chi connectivity index (χ0n) is 8.43. The first-order valence-corrected chi connectivity index (χ1v) is 5.85. The van der Waals surface area contributed by atoms with Gasteiger partial charge in [-0.3, -0.25) is 0 Å². The van der Waals surface area contributed by atoms with Gasteiger partial charge >= 0.3 is 0 Å². The lowest BCUT2D eigenvalue weighted by atomic mass is 10.4. The van der Waals surface area contributed by atoms with Gasteiger partial charge in [0.25, 0.3) is 0 Å². The van der Waals surface area contributed by atoms with Gasteiger partial charge in [0.2, 0.25) is 0 Å². The summed E-state index contributed by atoms with van der Waals surface area (Å²) < 4.78 is 5.22. The molecule has 0 saturated carbocycles. The largest absolute Gasteiger partial charge is 0.380 e. The summed E-state index contributed by atoms with van der Waals surface area (Å²) in [5.74, 6) is 2.40. The van der Waals surface area contributed by atoms with E-state index in [4.69, 9.17) is 4.74 Å². The van der Waals surface area contributed by atoms with Gasteiger partial charge in [0.15, 0.2) is 0 Å². The van der Waals surface area contributed by atoms with Crippen molar-refractivity contribution >= 4 is 11.8 Å². The summed E-state index contributed by atoms with van der Waals surface area (Å²) in [5.41, 5.74) is 0. The van der Waals surface area contributed by atoms with E-state index in [0.717, 1.165) is 19.8 Å². The maximum absolute atomic E-state index is 5.22.